The number of hydrogen-bond donors (Lipinski definition) is 1. The number of anilines is 1. The number of alkyl halides is 3. The summed E-state index contributed by atoms with van der Waals surface area (Å²) in [6.07, 6.45) is -1.59. The standard InChI is InChI=1S/C24H20F4N7OP/c1-33(2)13-22-30-7-8-34(22)15-3-5-18(17(25)10-15)31-23(36)19-11-21(24(26,27)28)32-35(19)16-4-6-20(37)14(9-16)12-29/h3-11H,13,37H2,1-2H3,(H,31,36). The van der Waals surface area contributed by atoms with Crippen molar-refractivity contribution in [3.63, 3.8) is 0 Å². The molecule has 2 heterocycles. The predicted molar refractivity (Wildman–Crippen MR) is 131 cm³/mol. The molecule has 13 heteroatoms. The molecule has 0 radical (unpaired) electrons. The lowest BCUT2D eigenvalue weighted by Gasteiger charge is -2.14. The fourth-order valence-corrected chi connectivity index (χ4v) is 3.81. The average Bonchev–Trinajstić information content (AvgIpc) is 3.48. The first-order valence-corrected chi connectivity index (χ1v) is 11.3. The number of carbonyl (C=O) groups is 1. The number of imidazole rings is 1. The molecule has 1 amide bonds. The van der Waals surface area contributed by atoms with Gasteiger partial charge < -0.3 is 14.8 Å². The first-order valence-electron chi connectivity index (χ1n) is 10.7. The van der Waals surface area contributed by atoms with Gasteiger partial charge in [0.15, 0.2) is 5.69 Å². The van der Waals surface area contributed by atoms with E-state index in [9.17, 15) is 27.6 Å². The normalized spacial score (nSPS) is 11.5. The largest absolute Gasteiger partial charge is 0.435 e. The molecule has 4 aromatic rings. The Morgan fingerprint density at radius 2 is 1.89 bits per heavy atom. The van der Waals surface area contributed by atoms with Crippen molar-refractivity contribution in [3.8, 4) is 17.4 Å². The lowest BCUT2D eigenvalue weighted by molar-refractivity contribution is -0.141. The maximum Gasteiger partial charge on any atom is 0.435 e. The number of hydrogen-bond acceptors (Lipinski definition) is 5. The fourth-order valence-electron chi connectivity index (χ4n) is 3.56. The molecule has 0 aliphatic rings. The molecule has 37 heavy (non-hydrogen) atoms. The van der Waals surface area contributed by atoms with E-state index in [-0.39, 0.29) is 16.9 Å². The second kappa shape index (κ2) is 10.1. The Labute approximate surface area is 211 Å². The molecule has 2 aromatic heterocycles. The van der Waals surface area contributed by atoms with Crippen molar-refractivity contribution in [1.82, 2.24) is 24.2 Å². The number of rotatable bonds is 6. The molecule has 0 spiro atoms. The molecule has 1 unspecified atom stereocenters. The number of benzene rings is 2. The van der Waals surface area contributed by atoms with E-state index in [2.05, 4.69) is 24.6 Å². The van der Waals surface area contributed by atoms with Crippen LogP contribution in [0, 0.1) is 17.1 Å². The molecule has 0 aliphatic carbocycles. The van der Waals surface area contributed by atoms with Gasteiger partial charge in [0.2, 0.25) is 0 Å². The van der Waals surface area contributed by atoms with Crippen LogP contribution >= 0.6 is 9.24 Å². The van der Waals surface area contributed by atoms with Gasteiger partial charge in [-0.2, -0.15) is 23.5 Å². The van der Waals surface area contributed by atoms with Gasteiger partial charge in [0.25, 0.3) is 5.91 Å². The number of nitrogens with zero attached hydrogens (tertiary/aromatic N) is 6. The van der Waals surface area contributed by atoms with Crippen LogP contribution in [0.25, 0.3) is 11.4 Å². The Bertz CT molecular complexity index is 1520. The SMILES string of the molecule is CN(C)Cc1nccn1-c1ccc(NC(=O)c2cc(C(F)(F)F)nn2-c2ccc(P)c(C#N)c2)c(F)c1. The van der Waals surface area contributed by atoms with Crippen LogP contribution in [-0.4, -0.2) is 44.2 Å². The summed E-state index contributed by atoms with van der Waals surface area (Å²) in [6, 6.07) is 10.8. The van der Waals surface area contributed by atoms with E-state index in [0.29, 0.717) is 29.4 Å². The predicted octanol–water partition coefficient (Wildman–Crippen LogP) is 3.90. The van der Waals surface area contributed by atoms with Crippen molar-refractivity contribution < 1.29 is 22.4 Å². The van der Waals surface area contributed by atoms with Crippen LogP contribution in [0.4, 0.5) is 23.2 Å². The molecule has 4 rings (SSSR count). The molecular formula is C24H20F4N7OP. The van der Waals surface area contributed by atoms with Crippen molar-refractivity contribution in [3.05, 3.63) is 83.5 Å². The summed E-state index contributed by atoms with van der Waals surface area (Å²) in [5.74, 6) is -1.14. The topological polar surface area (TPSA) is 91.8 Å². The number of amides is 1. The average molecular weight is 529 g/mol. The van der Waals surface area contributed by atoms with Crippen molar-refractivity contribution in [1.29, 1.82) is 5.26 Å². The third kappa shape index (κ3) is 5.53. The van der Waals surface area contributed by atoms with E-state index in [1.165, 1.54) is 30.3 Å². The Hall–Kier alpha value is -4.07. The van der Waals surface area contributed by atoms with Crippen LogP contribution < -0.4 is 10.6 Å². The Morgan fingerprint density at radius 3 is 2.54 bits per heavy atom. The van der Waals surface area contributed by atoms with E-state index in [0.717, 1.165) is 4.68 Å². The van der Waals surface area contributed by atoms with Crippen LogP contribution in [0.5, 0.6) is 0 Å². The summed E-state index contributed by atoms with van der Waals surface area (Å²) in [5.41, 5.74) is -1.34. The summed E-state index contributed by atoms with van der Waals surface area (Å²) in [4.78, 5) is 19.2. The molecule has 0 saturated heterocycles. The zero-order valence-corrected chi connectivity index (χ0v) is 20.7. The summed E-state index contributed by atoms with van der Waals surface area (Å²) < 4.78 is 57.7. The fraction of sp³-hybridized carbons (Fsp3) is 0.167. The van der Waals surface area contributed by atoms with Gasteiger partial charge in [-0.1, -0.05) is 6.07 Å². The van der Waals surface area contributed by atoms with Gasteiger partial charge in [-0.15, -0.1) is 9.24 Å². The van der Waals surface area contributed by atoms with Crippen LogP contribution in [0.15, 0.2) is 54.9 Å². The number of nitrogens with one attached hydrogen (secondary N) is 1. The van der Waals surface area contributed by atoms with Crippen LogP contribution in [-0.2, 0) is 12.7 Å². The summed E-state index contributed by atoms with van der Waals surface area (Å²) in [6.45, 7) is 0.504. The minimum atomic E-state index is -4.83. The third-order valence-electron chi connectivity index (χ3n) is 5.29. The maximum absolute atomic E-state index is 15.0. The van der Waals surface area contributed by atoms with Crippen molar-refractivity contribution in [2.45, 2.75) is 12.7 Å². The van der Waals surface area contributed by atoms with Gasteiger partial charge in [0, 0.05) is 30.2 Å². The first kappa shape index (κ1) is 26.0. The zero-order chi connectivity index (χ0) is 26.9. The number of nitriles is 1. The second-order valence-electron chi connectivity index (χ2n) is 8.28. The minimum absolute atomic E-state index is 0.0627. The molecule has 1 atom stereocenters. The zero-order valence-electron chi connectivity index (χ0n) is 19.6. The smallest absolute Gasteiger partial charge is 0.318 e. The van der Waals surface area contributed by atoms with Gasteiger partial charge >= 0.3 is 6.18 Å². The molecule has 2 aromatic carbocycles. The van der Waals surface area contributed by atoms with Gasteiger partial charge in [0.05, 0.1) is 29.6 Å². The summed E-state index contributed by atoms with van der Waals surface area (Å²) >= 11 is 0. The summed E-state index contributed by atoms with van der Waals surface area (Å²) in [7, 11) is 6.07. The van der Waals surface area contributed by atoms with E-state index in [1.807, 2.05) is 25.1 Å². The van der Waals surface area contributed by atoms with Gasteiger partial charge in [-0.05, 0) is 43.7 Å². The second-order valence-corrected chi connectivity index (χ2v) is 8.90. The minimum Gasteiger partial charge on any atom is -0.318 e. The van der Waals surface area contributed by atoms with E-state index >= 15 is 0 Å². The lowest BCUT2D eigenvalue weighted by atomic mass is 10.2. The Morgan fingerprint density at radius 1 is 1.16 bits per heavy atom. The first-order chi connectivity index (χ1) is 17.5. The van der Waals surface area contributed by atoms with E-state index in [4.69, 9.17) is 0 Å². The van der Waals surface area contributed by atoms with Gasteiger partial charge in [-0.3, -0.25) is 4.79 Å². The highest BCUT2D eigenvalue weighted by Gasteiger charge is 2.36. The Kier molecular flexibility index (Phi) is 7.12. The molecule has 1 N–H and O–H groups in total. The highest BCUT2D eigenvalue weighted by Crippen LogP contribution is 2.30. The van der Waals surface area contributed by atoms with E-state index in [1.54, 1.807) is 23.0 Å². The number of aromatic nitrogens is 4. The van der Waals surface area contributed by atoms with Gasteiger partial charge in [0.1, 0.15) is 17.3 Å². The Balaban J connectivity index is 1.68. The third-order valence-corrected chi connectivity index (χ3v) is 5.79. The molecule has 0 saturated carbocycles. The number of halogens is 4. The van der Waals surface area contributed by atoms with Crippen molar-refractivity contribution in [2.24, 2.45) is 0 Å². The monoisotopic (exact) mass is 529 g/mol. The van der Waals surface area contributed by atoms with Gasteiger partial charge in [-0.25, -0.2) is 14.1 Å². The van der Waals surface area contributed by atoms with Crippen LogP contribution in [0.1, 0.15) is 27.6 Å². The molecule has 190 valence electrons. The summed E-state index contributed by atoms with van der Waals surface area (Å²) in [5, 5.41) is 15.6. The molecular weight excluding hydrogens is 509 g/mol. The van der Waals surface area contributed by atoms with Crippen LogP contribution in [0.3, 0.4) is 0 Å². The highest BCUT2D eigenvalue weighted by atomic mass is 31.0. The number of carbonyl (C=O) groups excluding carboxylic acids is 1. The maximum atomic E-state index is 15.0. The molecule has 0 aliphatic heterocycles. The van der Waals surface area contributed by atoms with Crippen molar-refractivity contribution in [2.75, 3.05) is 19.4 Å². The molecule has 0 fully saturated rings. The van der Waals surface area contributed by atoms with Crippen molar-refractivity contribution >= 4 is 26.1 Å². The van der Waals surface area contributed by atoms with E-state index < -0.39 is 29.3 Å². The molecule has 0 bridgehead atoms. The molecule has 8 nitrogen and oxygen atoms in total. The highest BCUT2D eigenvalue weighted by molar-refractivity contribution is 7.27. The quantitative estimate of drug-likeness (QED) is 0.302. The lowest BCUT2D eigenvalue weighted by Crippen LogP contribution is -2.18. The van der Waals surface area contributed by atoms with Crippen LogP contribution in [0.2, 0.25) is 0 Å².